The predicted molar refractivity (Wildman–Crippen MR) is 267 cm³/mol. The van der Waals surface area contributed by atoms with Gasteiger partial charge in [0.1, 0.15) is 52.8 Å². The Labute approximate surface area is 442 Å². The fraction of sp³-hybridized carbons (Fsp3) is 0.404. The molecule has 406 valence electrons. The smallest absolute Gasteiger partial charge is 0.297 e. The van der Waals surface area contributed by atoms with E-state index in [1.165, 1.54) is 56.7 Å². The number of aryl methyl sites for hydroxylation is 3. The molecule has 0 bridgehead atoms. The molecule has 2 N–H and O–H groups in total. The Morgan fingerprint density at radius 1 is 0.649 bits per heavy atom. The number of ether oxygens (including phenoxy) is 6. The van der Waals surface area contributed by atoms with E-state index in [4.69, 9.17) is 47.5 Å². The number of nitrogens with one attached hydrogen (secondary N) is 2. The van der Waals surface area contributed by atoms with Crippen LogP contribution >= 0.6 is 0 Å². The standard InChI is InChI=1S/C29H31FN4O8S.C23H24FN5O5/c1-17-4-7-21(8-5-17)43(36,37)41-15-20-14-40-28(16-39-20)27-12-24(34-42-27)23-11-25(33-18(2)32-23)29(35)31-13-19-6-9-22(30)26(10-19)38-3;1-13-27-17(18-9-21(34-29-18)22-12-32-15(5-6-25)11-33-22)8-19(28-13)23(30)26-10-14-3-4-16(24)20(7-14)31-2/h4-11,20,27-28H,12-16H2,1-3H3,(H,31,35);3-4,7-8,15,21-22H,5,9-12H2,1-2H3,(H,26,30)/t20-,27-,28+;15-,21+,22-/m01/s1. The van der Waals surface area contributed by atoms with E-state index < -0.39 is 51.9 Å². The summed E-state index contributed by atoms with van der Waals surface area (Å²) in [6.45, 7) is 6.24. The molecule has 4 aliphatic heterocycles. The number of oxime groups is 2. The molecule has 0 spiro atoms. The molecule has 77 heavy (non-hydrogen) atoms. The summed E-state index contributed by atoms with van der Waals surface area (Å²) >= 11 is 0. The van der Waals surface area contributed by atoms with Crippen molar-refractivity contribution in [3.05, 3.63) is 136 Å². The number of methoxy groups -OCH3 is 2. The Morgan fingerprint density at radius 3 is 1.57 bits per heavy atom. The van der Waals surface area contributed by atoms with Gasteiger partial charge in [-0.3, -0.25) is 13.8 Å². The van der Waals surface area contributed by atoms with Crippen molar-refractivity contribution in [2.45, 2.75) is 94.6 Å². The lowest BCUT2D eigenvalue weighted by molar-refractivity contribution is -0.176. The summed E-state index contributed by atoms with van der Waals surface area (Å²) in [5.41, 5.74) is 4.63. The first-order valence-corrected chi connectivity index (χ1v) is 25.7. The molecule has 5 aromatic rings. The zero-order valence-corrected chi connectivity index (χ0v) is 43.4. The summed E-state index contributed by atoms with van der Waals surface area (Å²) in [5, 5.41) is 22.6. The van der Waals surface area contributed by atoms with Crippen LogP contribution in [-0.4, -0.2) is 135 Å². The number of hydrogen-bond acceptors (Lipinski definition) is 20. The van der Waals surface area contributed by atoms with E-state index in [2.05, 4.69) is 47.0 Å². The van der Waals surface area contributed by atoms with Gasteiger partial charge in [0.15, 0.2) is 35.3 Å². The van der Waals surface area contributed by atoms with Gasteiger partial charge in [0.25, 0.3) is 21.9 Å². The van der Waals surface area contributed by atoms with Gasteiger partial charge in [0, 0.05) is 25.9 Å². The minimum atomic E-state index is -3.92. The minimum absolute atomic E-state index is 0.0749. The van der Waals surface area contributed by atoms with E-state index in [1.807, 2.05) is 6.92 Å². The van der Waals surface area contributed by atoms with Crippen LogP contribution in [0.25, 0.3) is 0 Å². The molecule has 2 fully saturated rings. The third-order valence-corrected chi connectivity index (χ3v) is 13.6. The second-order valence-electron chi connectivity index (χ2n) is 18.0. The highest BCUT2D eigenvalue weighted by atomic mass is 32.2. The average molecular weight is 1080 g/mol. The third-order valence-electron chi connectivity index (χ3n) is 12.3. The van der Waals surface area contributed by atoms with Crippen LogP contribution in [0.2, 0.25) is 0 Å². The number of amides is 2. The van der Waals surface area contributed by atoms with Crippen molar-refractivity contribution in [2.75, 3.05) is 47.3 Å². The molecule has 2 aromatic heterocycles. The molecule has 4 aliphatic rings. The number of hydrogen-bond donors (Lipinski definition) is 2. The van der Waals surface area contributed by atoms with Crippen molar-refractivity contribution in [1.82, 2.24) is 30.6 Å². The van der Waals surface area contributed by atoms with Crippen LogP contribution in [0.3, 0.4) is 0 Å². The molecule has 9 rings (SSSR count). The Bertz CT molecular complexity index is 3150. The summed E-state index contributed by atoms with van der Waals surface area (Å²) in [5.74, 6) is -0.830. The molecule has 0 radical (unpaired) electrons. The van der Waals surface area contributed by atoms with Crippen molar-refractivity contribution in [1.29, 1.82) is 5.26 Å². The van der Waals surface area contributed by atoms with Crippen LogP contribution in [-0.2, 0) is 56.0 Å². The molecule has 0 aliphatic carbocycles. The number of nitrogens with zero attached hydrogens (tertiary/aromatic N) is 7. The first-order chi connectivity index (χ1) is 37.1. The van der Waals surface area contributed by atoms with Gasteiger partial charge in [-0.15, -0.1) is 0 Å². The number of aromatic nitrogens is 4. The highest BCUT2D eigenvalue weighted by Crippen LogP contribution is 2.27. The van der Waals surface area contributed by atoms with Crippen LogP contribution in [0, 0.1) is 43.7 Å². The molecule has 6 atom stereocenters. The number of rotatable bonds is 17. The molecular weight excluding hydrogens is 1030 g/mol. The number of carbonyl (C=O) groups is 2. The largest absolute Gasteiger partial charge is 0.494 e. The molecular formula is C52H55F2N9O13S. The van der Waals surface area contributed by atoms with Gasteiger partial charge >= 0.3 is 0 Å². The Hall–Kier alpha value is -7.60. The summed E-state index contributed by atoms with van der Waals surface area (Å²) in [6, 6.07) is 20.3. The molecule has 6 heterocycles. The fourth-order valence-electron chi connectivity index (χ4n) is 8.13. The van der Waals surface area contributed by atoms with Gasteiger partial charge in [0.2, 0.25) is 0 Å². The summed E-state index contributed by atoms with van der Waals surface area (Å²) in [4.78, 5) is 54.1. The predicted octanol–water partition coefficient (Wildman–Crippen LogP) is 4.91. The van der Waals surface area contributed by atoms with Gasteiger partial charge in [0.05, 0.1) is 82.1 Å². The van der Waals surface area contributed by atoms with E-state index in [-0.39, 0.29) is 85.4 Å². The van der Waals surface area contributed by atoms with Crippen LogP contribution in [0.1, 0.15) is 80.0 Å². The first kappa shape index (κ1) is 55.6. The van der Waals surface area contributed by atoms with Crippen LogP contribution in [0.5, 0.6) is 11.5 Å². The Morgan fingerprint density at radius 2 is 1.13 bits per heavy atom. The fourth-order valence-corrected chi connectivity index (χ4v) is 9.07. The average Bonchev–Trinajstić information content (AvgIpc) is 4.15. The third kappa shape index (κ3) is 14.7. The lowest BCUT2D eigenvalue weighted by Gasteiger charge is -2.31. The first-order valence-electron chi connectivity index (χ1n) is 24.3. The highest BCUT2D eigenvalue weighted by Gasteiger charge is 2.38. The van der Waals surface area contributed by atoms with Gasteiger partial charge in [-0.25, -0.2) is 28.7 Å². The summed E-state index contributed by atoms with van der Waals surface area (Å²) in [6.07, 6.45) is -1.31. The van der Waals surface area contributed by atoms with Crippen molar-refractivity contribution in [2.24, 2.45) is 10.3 Å². The van der Waals surface area contributed by atoms with Gasteiger partial charge in [-0.1, -0.05) is 40.1 Å². The summed E-state index contributed by atoms with van der Waals surface area (Å²) < 4.78 is 90.4. The van der Waals surface area contributed by atoms with E-state index in [9.17, 15) is 26.8 Å². The van der Waals surface area contributed by atoms with Gasteiger partial charge in [-0.05, 0) is 80.4 Å². The van der Waals surface area contributed by atoms with Crippen LogP contribution < -0.4 is 20.1 Å². The molecule has 2 saturated heterocycles. The van der Waals surface area contributed by atoms with E-state index in [0.717, 1.165) is 5.56 Å². The Balaban J connectivity index is 0.000000209. The van der Waals surface area contributed by atoms with Gasteiger partial charge < -0.3 is 48.7 Å². The quantitative estimate of drug-likeness (QED) is 0.117. The molecule has 2 amide bonds. The van der Waals surface area contributed by atoms with E-state index >= 15 is 0 Å². The maximum absolute atomic E-state index is 13.7. The zero-order chi connectivity index (χ0) is 54.6. The summed E-state index contributed by atoms with van der Waals surface area (Å²) in [7, 11) is -1.17. The van der Waals surface area contributed by atoms with Crippen molar-refractivity contribution in [3.63, 3.8) is 0 Å². The van der Waals surface area contributed by atoms with Crippen LogP contribution in [0.15, 0.2) is 88.0 Å². The molecule has 0 unspecified atom stereocenters. The number of benzene rings is 3. The SMILES string of the molecule is COc1cc(CNC(=O)c2cc(C3=NO[C@H]([C@H]4CO[C@H](CC#N)CO4)C3)nc(C)n2)ccc1F.COc1cc(CNC(=O)c2cc(C3=NO[C@H]([C@H]4CO[C@H](COS(=O)(=O)c5ccc(C)cc5)CO4)C3)nc(C)n2)ccc1F. The van der Waals surface area contributed by atoms with Crippen LogP contribution in [0.4, 0.5) is 8.78 Å². The number of halogens is 2. The second kappa shape index (κ2) is 25.5. The van der Waals surface area contributed by atoms with Crippen molar-refractivity contribution in [3.8, 4) is 17.6 Å². The van der Waals surface area contributed by atoms with Gasteiger partial charge in [-0.2, -0.15) is 13.7 Å². The van der Waals surface area contributed by atoms with E-state index in [0.29, 0.717) is 71.6 Å². The number of carbonyl (C=O) groups excluding carboxylic acids is 2. The molecule has 22 nitrogen and oxygen atoms in total. The maximum Gasteiger partial charge on any atom is 0.297 e. The monoisotopic (exact) mass is 1080 g/mol. The topological polar surface area (TPSA) is 275 Å². The Kier molecular flexibility index (Phi) is 18.4. The molecule has 3 aromatic carbocycles. The maximum atomic E-state index is 13.7. The second-order valence-corrected chi connectivity index (χ2v) is 19.6. The van der Waals surface area contributed by atoms with E-state index in [1.54, 1.807) is 44.2 Å². The lowest BCUT2D eigenvalue weighted by Crippen LogP contribution is -2.44. The number of nitriles is 1. The van der Waals surface area contributed by atoms with Crippen molar-refractivity contribution < 1.29 is 69.1 Å². The van der Waals surface area contributed by atoms with Crippen molar-refractivity contribution >= 4 is 33.4 Å². The zero-order valence-electron chi connectivity index (χ0n) is 42.6. The minimum Gasteiger partial charge on any atom is -0.494 e. The highest BCUT2D eigenvalue weighted by molar-refractivity contribution is 7.86. The molecule has 0 saturated carbocycles. The molecule has 25 heteroatoms. The normalized spacial score (nSPS) is 21.0. The lowest BCUT2D eigenvalue weighted by atomic mass is 10.0.